The second-order valence-corrected chi connectivity index (χ2v) is 3.69. The molecule has 0 radical (unpaired) electrons. The van der Waals surface area contributed by atoms with E-state index in [1.54, 1.807) is 6.07 Å². The number of nitro benzene ring substituents is 1. The Balaban J connectivity index is 2.93. The molecule has 4 N–H and O–H groups in total. The predicted molar refractivity (Wildman–Crippen MR) is 60.7 cm³/mol. The number of hydrogen-bond acceptors (Lipinski definition) is 6. The van der Waals surface area contributed by atoms with Crippen LogP contribution in [0.1, 0.15) is 0 Å². The quantitative estimate of drug-likeness (QED) is 0.403. The molecule has 0 atom stereocenters. The summed E-state index contributed by atoms with van der Waals surface area (Å²) in [5.41, 5.74) is -1.07. The summed E-state index contributed by atoms with van der Waals surface area (Å²) in [4.78, 5) is 10.0. The molecule has 0 saturated carbocycles. The van der Waals surface area contributed by atoms with E-state index >= 15 is 0 Å². The SMILES string of the molecule is O=[N+]([O-])c1cccc(NC(CO)(CO)CO)c1. The molecular weight excluding hydrogens is 228 g/mol. The third kappa shape index (κ3) is 3.13. The van der Waals surface area contributed by atoms with Crippen LogP contribution in [-0.4, -0.2) is 45.6 Å². The Labute approximate surface area is 97.5 Å². The molecule has 0 fully saturated rings. The summed E-state index contributed by atoms with van der Waals surface area (Å²) in [7, 11) is 0. The van der Waals surface area contributed by atoms with Gasteiger partial charge in [-0.05, 0) is 6.07 Å². The van der Waals surface area contributed by atoms with E-state index in [1.165, 1.54) is 18.2 Å². The summed E-state index contributed by atoms with van der Waals surface area (Å²) in [6.07, 6.45) is 0. The van der Waals surface area contributed by atoms with Crippen molar-refractivity contribution in [2.75, 3.05) is 25.1 Å². The molecule has 1 rings (SSSR count). The van der Waals surface area contributed by atoms with Gasteiger partial charge in [-0.3, -0.25) is 10.1 Å². The van der Waals surface area contributed by atoms with Gasteiger partial charge in [0.05, 0.1) is 24.7 Å². The Kier molecular flexibility index (Phi) is 4.38. The first-order valence-corrected chi connectivity index (χ1v) is 4.92. The van der Waals surface area contributed by atoms with Gasteiger partial charge in [-0.15, -0.1) is 0 Å². The van der Waals surface area contributed by atoms with E-state index in [0.29, 0.717) is 5.69 Å². The Hall–Kier alpha value is -1.70. The standard InChI is InChI=1S/C10H14N2O5/c13-5-10(6-14,7-15)11-8-2-1-3-9(4-8)12(16)17/h1-4,11,13-15H,5-7H2. The Morgan fingerprint density at radius 2 is 1.82 bits per heavy atom. The molecule has 0 amide bonds. The molecule has 1 aromatic carbocycles. The van der Waals surface area contributed by atoms with Crippen molar-refractivity contribution in [1.82, 2.24) is 0 Å². The van der Waals surface area contributed by atoms with E-state index in [-0.39, 0.29) is 5.69 Å². The fourth-order valence-electron chi connectivity index (χ4n) is 1.27. The van der Waals surface area contributed by atoms with Crippen molar-refractivity contribution < 1.29 is 20.2 Å². The molecule has 0 aromatic heterocycles. The summed E-state index contributed by atoms with van der Waals surface area (Å²) in [6, 6.07) is 5.60. The van der Waals surface area contributed by atoms with Crippen molar-refractivity contribution in [3.05, 3.63) is 34.4 Å². The number of aliphatic hydroxyl groups excluding tert-OH is 3. The van der Waals surface area contributed by atoms with Gasteiger partial charge in [-0.2, -0.15) is 0 Å². The van der Waals surface area contributed by atoms with Gasteiger partial charge >= 0.3 is 0 Å². The summed E-state index contributed by atoms with van der Waals surface area (Å²) in [5.74, 6) is 0. The zero-order valence-corrected chi connectivity index (χ0v) is 9.04. The third-order valence-corrected chi connectivity index (χ3v) is 2.37. The lowest BCUT2D eigenvalue weighted by molar-refractivity contribution is -0.384. The first-order valence-electron chi connectivity index (χ1n) is 4.92. The fraction of sp³-hybridized carbons (Fsp3) is 0.400. The molecule has 7 heteroatoms. The molecule has 1 aromatic rings. The monoisotopic (exact) mass is 242 g/mol. The number of nitrogens with zero attached hydrogens (tertiary/aromatic N) is 1. The van der Waals surface area contributed by atoms with E-state index in [1.807, 2.05) is 0 Å². The Morgan fingerprint density at radius 3 is 2.29 bits per heavy atom. The highest BCUT2D eigenvalue weighted by Crippen LogP contribution is 2.20. The number of nitro groups is 1. The van der Waals surface area contributed by atoms with Crippen molar-refractivity contribution in [2.45, 2.75) is 5.54 Å². The first kappa shape index (κ1) is 13.4. The third-order valence-electron chi connectivity index (χ3n) is 2.37. The molecule has 17 heavy (non-hydrogen) atoms. The van der Waals surface area contributed by atoms with Gasteiger partial charge < -0.3 is 20.6 Å². The highest BCUT2D eigenvalue weighted by molar-refractivity contribution is 5.52. The minimum Gasteiger partial charge on any atom is -0.394 e. The van der Waals surface area contributed by atoms with E-state index in [0.717, 1.165) is 0 Å². The molecule has 0 bridgehead atoms. The lowest BCUT2D eigenvalue weighted by atomic mass is 10.0. The zero-order chi connectivity index (χ0) is 12.9. The van der Waals surface area contributed by atoms with Crippen LogP contribution in [-0.2, 0) is 0 Å². The van der Waals surface area contributed by atoms with Gasteiger partial charge in [0, 0.05) is 17.8 Å². The molecule has 0 saturated heterocycles. The fourth-order valence-corrected chi connectivity index (χ4v) is 1.27. The number of aliphatic hydroxyl groups is 3. The summed E-state index contributed by atoms with van der Waals surface area (Å²) in [6.45, 7) is -1.49. The minimum absolute atomic E-state index is 0.113. The number of hydrogen-bond donors (Lipinski definition) is 4. The smallest absolute Gasteiger partial charge is 0.271 e. The van der Waals surface area contributed by atoms with E-state index < -0.39 is 30.3 Å². The minimum atomic E-state index is -1.30. The second kappa shape index (κ2) is 5.58. The summed E-state index contributed by atoms with van der Waals surface area (Å²) >= 11 is 0. The van der Waals surface area contributed by atoms with E-state index in [4.69, 9.17) is 15.3 Å². The average molecular weight is 242 g/mol. The van der Waals surface area contributed by atoms with Crippen molar-refractivity contribution in [3.8, 4) is 0 Å². The highest BCUT2D eigenvalue weighted by atomic mass is 16.6. The number of non-ortho nitro benzene ring substituents is 1. The van der Waals surface area contributed by atoms with Crippen molar-refractivity contribution in [2.24, 2.45) is 0 Å². The number of rotatable bonds is 6. The van der Waals surface area contributed by atoms with Crippen LogP contribution in [0.2, 0.25) is 0 Å². The number of anilines is 1. The van der Waals surface area contributed by atoms with Gasteiger partial charge in [0.2, 0.25) is 0 Å². The number of benzene rings is 1. The van der Waals surface area contributed by atoms with Gasteiger partial charge in [0.15, 0.2) is 0 Å². The van der Waals surface area contributed by atoms with E-state index in [2.05, 4.69) is 5.32 Å². The van der Waals surface area contributed by atoms with Crippen LogP contribution in [0.3, 0.4) is 0 Å². The maximum atomic E-state index is 10.6. The van der Waals surface area contributed by atoms with Crippen LogP contribution >= 0.6 is 0 Å². The Bertz CT molecular complexity index is 384. The molecule has 0 aliphatic rings. The van der Waals surface area contributed by atoms with Crippen LogP contribution in [0.15, 0.2) is 24.3 Å². The first-order chi connectivity index (χ1) is 8.06. The summed E-state index contributed by atoms with van der Waals surface area (Å²) in [5, 5.41) is 40.5. The largest absolute Gasteiger partial charge is 0.394 e. The molecule has 0 unspecified atom stereocenters. The van der Waals surface area contributed by atoms with E-state index in [9.17, 15) is 10.1 Å². The van der Waals surface area contributed by atoms with Crippen LogP contribution in [0.5, 0.6) is 0 Å². The second-order valence-electron chi connectivity index (χ2n) is 3.69. The maximum absolute atomic E-state index is 10.6. The van der Waals surface area contributed by atoms with Gasteiger partial charge in [-0.1, -0.05) is 6.07 Å². The zero-order valence-electron chi connectivity index (χ0n) is 9.04. The molecular formula is C10H14N2O5. The lowest BCUT2D eigenvalue weighted by Gasteiger charge is -2.29. The van der Waals surface area contributed by atoms with Crippen molar-refractivity contribution in [1.29, 1.82) is 0 Å². The topological polar surface area (TPSA) is 116 Å². The van der Waals surface area contributed by atoms with Crippen molar-refractivity contribution >= 4 is 11.4 Å². The average Bonchev–Trinajstić information content (AvgIpc) is 2.36. The summed E-state index contributed by atoms with van der Waals surface area (Å²) < 4.78 is 0. The van der Waals surface area contributed by atoms with Crippen LogP contribution in [0.4, 0.5) is 11.4 Å². The van der Waals surface area contributed by atoms with Crippen LogP contribution < -0.4 is 5.32 Å². The maximum Gasteiger partial charge on any atom is 0.271 e. The van der Waals surface area contributed by atoms with Gasteiger partial charge in [-0.25, -0.2) is 0 Å². The molecule has 7 nitrogen and oxygen atoms in total. The normalized spacial score (nSPS) is 11.2. The molecule has 94 valence electrons. The molecule has 0 spiro atoms. The molecule has 0 heterocycles. The van der Waals surface area contributed by atoms with Crippen molar-refractivity contribution in [3.63, 3.8) is 0 Å². The van der Waals surface area contributed by atoms with Gasteiger partial charge in [0.1, 0.15) is 5.54 Å². The van der Waals surface area contributed by atoms with Gasteiger partial charge in [0.25, 0.3) is 5.69 Å². The molecule has 0 aliphatic carbocycles. The van der Waals surface area contributed by atoms with Crippen LogP contribution in [0, 0.1) is 10.1 Å². The molecule has 0 aliphatic heterocycles. The number of nitrogens with one attached hydrogen (secondary N) is 1. The Morgan fingerprint density at radius 1 is 1.24 bits per heavy atom. The highest BCUT2D eigenvalue weighted by Gasteiger charge is 2.28. The predicted octanol–water partition coefficient (Wildman–Crippen LogP) is -0.278. The van der Waals surface area contributed by atoms with Crippen LogP contribution in [0.25, 0.3) is 0 Å². The lowest BCUT2D eigenvalue weighted by Crippen LogP contribution is -2.49.